The molecule has 0 amide bonds. The van der Waals surface area contributed by atoms with Gasteiger partial charge in [-0.2, -0.15) is 8.42 Å². The lowest BCUT2D eigenvalue weighted by Crippen LogP contribution is -2.35. The second kappa shape index (κ2) is 12.7. The molecule has 36 heavy (non-hydrogen) atoms. The van der Waals surface area contributed by atoms with Crippen molar-refractivity contribution in [1.29, 1.82) is 0 Å². The minimum Gasteiger partial charge on any atom is -0.396 e. The highest BCUT2D eigenvalue weighted by molar-refractivity contribution is 7.86. The zero-order chi connectivity index (χ0) is 25.5. The van der Waals surface area contributed by atoms with Crippen LogP contribution in [0.1, 0.15) is 69.8 Å². The molecule has 2 saturated carbocycles. The molecule has 5 rings (SSSR count). The predicted molar refractivity (Wildman–Crippen MR) is 134 cm³/mol. The van der Waals surface area contributed by atoms with E-state index >= 15 is 0 Å². The topological polar surface area (TPSA) is 101 Å². The Morgan fingerprint density at radius 1 is 0.806 bits per heavy atom. The summed E-state index contributed by atoms with van der Waals surface area (Å²) < 4.78 is 52.1. The van der Waals surface area contributed by atoms with Crippen LogP contribution in [0.5, 0.6) is 0 Å². The lowest BCUT2D eigenvalue weighted by Gasteiger charge is -2.35. The molecule has 9 heteroatoms. The summed E-state index contributed by atoms with van der Waals surface area (Å²) in [6, 6.07) is 6.73. The van der Waals surface area contributed by atoms with Gasteiger partial charge in [0.1, 0.15) is 0 Å². The number of ether oxygens (including phenoxy) is 4. The third-order valence-electron chi connectivity index (χ3n) is 7.97. The van der Waals surface area contributed by atoms with E-state index in [9.17, 15) is 8.42 Å². The van der Waals surface area contributed by atoms with Gasteiger partial charge in [0, 0.05) is 32.3 Å². The smallest absolute Gasteiger partial charge is 0.296 e. The second-order valence-corrected chi connectivity index (χ2v) is 12.1. The van der Waals surface area contributed by atoms with Crippen LogP contribution in [0.15, 0.2) is 29.2 Å². The summed E-state index contributed by atoms with van der Waals surface area (Å²) in [6.45, 7) is 5.35. The van der Waals surface area contributed by atoms with Crippen LogP contribution in [0.3, 0.4) is 0 Å². The standard InChI is InChI=1S/C17H24O5S.C10H18O3/c1-14-2-4-16(5-3-14)23(18,19)22-11-8-15-6-9-17(10-7-15)20-12-13-21-17;11-6-3-9-1-4-10(5-2-9)12-7-8-13-10/h2-5,15H,6-13H2,1H3;9,11H,1-8H2. The van der Waals surface area contributed by atoms with Gasteiger partial charge in [-0.15, -0.1) is 0 Å². The van der Waals surface area contributed by atoms with Gasteiger partial charge >= 0.3 is 0 Å². The van der Waals surface area contributed by atoms with Gasteiger partial charge in [-0.25, -0.2) is 0 Å². The summed E-state index contributed by atoms with van der Waals surface area (Å²) in [5.41, 5.74) is 1.02. The number of rotatable bonds is 7. The molecular weight excluding hydrogens is 484 g/mol. The molecule has 0 bridgehead atoms. The van der Waals surface area contributed by atoms with Crippen molar-refractivity contribution in [3.05, 3.63) is 29.8 Å². The van der Waals surface area contributed by atoms with Crippen LogP contribution in [0.2, 0.25) is 0 Å². The summed E-state index contributed by atoms with van der Waals surface area (Å²) in [5, 5.41) is 8.81. The Hall–Kier alpha value is -1.07. The van der Waals surface area contributed by atoms with Gasteiger partial charge < -0.3 is 24.1 Å². The van der Waals surface area contributed by atoms with E-state index in [1.165, 1.54) is 0 Å². The molecule has 0 atom stereocenters. The minimum atomic E-state index is -3.65. The maximum atomic E-state index is 12.1. The molecule has 0 radical (unpaired) electrons. The average Bonchev–Trinajstić information content (AvgIpc) is 3.53. The van der Waals surface area contributed by atoms with Gasteiger partial charge in [-0.3, -0.25) is 4.18 Å². The van der Waals surface area contributed by atoms with Crippen LogP contribution in [0.25, 0.3) is 0 Å². The van der Waals surface area contributed by atoms with E-state index in [0.29, 0.717) is 31.7 Å². The van der Waals surface area contributed by atoms with Crippen LogP contribution < -0.4 is 0 Å². The highest BCUT2D eigenvalue weighted by Crippen LogP contribution is 2.40. The molecule has 4 aliphatic rings. The van der Waals surface area contributed by atoms with Gasteiger partial charge in [-0.1, -0.05) is 17.7 Å². The van der Waals surface area contributed by atoms with E-state index in [1.54, 1.807) is 24.3 Å². The molecule has 1 aromatic carbocycles. The molecule has 8 nitrogen and oxygen atoms in total. The van der Waals surface area contributed by atoms with E-state index < -0.39 is 10.1 Å². The van der Waals surface area contributed by atoms with Crippen molar-refractivity contribution < 1.29 is 36.7 Å². The fourth-order valence-electron chi connectivity index (χ4n) is 5.66. The molecule has 2 spiro atoms. The molecule has 2 heterocycles. The zero-order valence-electron chi connectivity index (χ0n) is 21.5. The summed E-state index contributed by atoms with van der Waals surface area (Å²) in [4.78, 5) is 0.221. The summed E-state index contributed by atoms with van der Waals surface area (Å²) in [5.74, 6) is 0.571. The molecule has 2 aliphatic heterocycles. The summed E-state index contributed by atoms with van der Waals surface area (Å²) >= 11 is 0. The van der Waals surface area contributed by atoms with E-state index in [0.717, 1.165) is 83.0 Å². The van der Waals surface area contributed by atoms with Crippen molar-refractivity contribution >= 4 is 10.1 Å². The molecule has 1 N–H and O–H groups in total. The quantitative estimate of drug-likeness (QED) is 0.524. The van der Waals surface area contributed by atoms with Gasteiger partial charge in [-0.05, 0) is 69.4 Å². The second-order valence-electron chi connectivity index (χ2n) is 10.5. The minimum absolute atomic E-state index is 0.221. The fraction of sp³-hybridized carbons (Fsp3) is 0.778. The molecule has 1 aromatic rings. The SMILES string of the molecule is Cc1ccc(S(=O)(=O)OCCC2CCC3(CC2)OCCO3)cc1.OCCC1CCC2(CC1)OCCO2. The highest BCUT2D eigenvalue weighted by atomic mass is 32.2. The van der Waals surface area contributed by atoms with Crippen molar-refractivity contribution in [3.8, 4) is 0 Å². The Kier molecular flexibility index (Phi) is 9.82. The molecule has 0 unspecified atom stereocenters. The first-order valence-corrected chi connectivity index (χ1v) is 14.9. The molecule has 2 aliphatic carbocycles. The van der Waals surface area contributed by atoms with Gasteiger partial charge in [0.15, 0.2) is 11.6 Å². The van der Waals surface area contributed by atoms with Crippen molar-refractivity contribution in [1.82, 2.24) is 0 Å². The van der Waals surface area contributed by atoms with E-state index in [4.69, 9.17) is 28.2 Å². The molecule has 0 aromatic heterocycles. The van der Waals surface area contributed by atoms with Crippen molar-refractivity contribution in [2.45, 2.75) is 87.6 Å². The van der Waals surface area contributed by atoms with Crippen LogP contribution in [-0.2, 0) is 33.2 Å². The fourth-order valence-corrected chi connectivity index (χ4v) is 6.58. The van der Waals surface area contributed by atoms with Gasteiger partial charge in [0.25, 0.3) is 10.1 Å². The Labute approximate surface area is 215 Å². The van der Waals surface area contributed by atoms with Crippen LogP contribution in [-0.4, -0.2) is 64.7 Å². The third kappa shape index (κ3) is 7.49. The Morgan fingerprint density at radius 3 is 1.69 bits per heavy atom. The maximum absolute atomic E-state index is 12.1. The molecule has 4 fully saturated rings. The van der Waals surface area contributed by atoms with E-state index in [1.807, 2.05) is 6.92 Å². The number of aliphatic hydroxyl groups is 1. The van der Waals surface area contributed by atoms with Crippen LogP contribution >= 0.6 is 0 Å². The first-order chi connectivity index (χ1) is 17.3. The largest absolute Gasteiger partial charge is 0.396 e. The number of hydrogen-bond donors (Lipinski definition) is 1. The summed E-state index contributed by atoms with van der Waals surface area (Å²) in [6.07, 6.45) is 9.76. The van der Waals surface area contributed by atoms with Crippen LogP contribution in [0.4, 0.5) is 0 Å². The number of aliphatic hydroxyl groups excluding tert-OH is 1. The average molecular weight is 527 g/mol. The van der Waals surface area contributed by atoms with Gasteiger partial charge in [0.05, 0.1) is 37.9 Å². The monoisotopic (exact) mass is 526 g/mol. The number of hydrogen-bond acceptors (Lipinski definition) is 8. The Bertz CT molecular complexity index is 884. The van der Waals surface area contributed by atoms with Crippen LogP contribution in [0, 0.1) is 18.8 Å². The molecule has 204 valence electrons. The third-order valence-corrected chi connectivity index (χ3v) is 9.30. The number of aryl methyl sites for hydroxylation is 1. The van der Waals surface area contributed by atoms with E-state index in [2.05, 4.69) is 0 Å². The molecular formula is C27H42O8S. The normalized spacial score (nSPS) is 25.7. The Balaban J connectivity index is 0.000000197. The lowest BCUT2D eigenvalue weighted by molar-refractivity contribution is -0.183. The van der Waals surface area contributed by atoms with E-state index in [-0.39, 0.29) is 23.1 Å². The maximum Gasteiger partial charge on any atom is 0.296 e. The van der Waals surface area contributed by atoms with Crippen molar-refractivity contribution in [3.63, 3.8) is 0 Å². The summed E-state index contributed by atoms with van der Waals surface area (Å²) in [7, 11) is -3.65. The molecule has 2 saturated heterocycles. The Morgan fingerprint density at radius 2 is 1.25 bits per heavy atom. The lowest BCUT2D eigenvalue weighted by atomic mass is 9.83. The predicted octanol–water partition coefficient (Wildman–Crippen LogP) is 4.33. The zero-order valence-corrected chi connectivity index (χ0v) is 22.3. The highest BCUT2D eigenvalue weighted by Gasteiger charge is 2.41. The number of benzene rings is 1. The first kappa shape index (κ1) is 28.0. The van der Waals surface area contributed by atoms with Crippen molar-refractivity contribution in [2.75, 3.05) is 39.6 Å². The van der Waals surface area contributed by atoms with Gasteiger partial charge in [0.2, 0.25) is 0 Å². The van der Waals surface area contributed by atoms with Crippen molar-refractivity contribution in [2.24, 2.45) is 11.8 Å². The first-order valence-electron chi connectivity index (χ1n) is 13.5.